The first kappa shape index (κ1) is 14.9. The van der Waals surface area contributed by atoms with Gasteiger partial charge in [0.05, 0.1) is 0 Å². The molecule has 0 aromatic rings. The number of rotatable bonds is 5. The van der Waals surface area contributed by atoms with E-state index in [1.807, 2.05) is 16.7 Å². The molecule has 0 bridgehead atoms. The zero-order chi connectivity index (χ0) is 15.0. The molecular weight excluding hydrogens is 264 g/mol. The summed E-state index contributed by atoms with van der Waals surface area (Å²) in [4.78, 5) is 29.7. The third-order valence-electron chi connectivity index (χ3n) is 5.50. The van der Waals surface area contributed by atoms with Crippen LogP contribution in [0.3, 0.4) is 0 Å². The van der Waals surface area contributed by atoms with E-state index in [9.17, 15) is 9.59 Å². The number of carbonyl (C=O) groups is 2. The largest absolute Gasteiger partial charge is 0.329 e. The Morgan fingerprint density at radius 2 is 1.86 bits per heavy atom. The van der Waals surface area contributed by atoms with E-state index in [4.69, 9.17) is 0 Å². The smallest absolute Gasteiger partial charge is 0.246 e. The molecule has 3 aliphatic rings. The van der Waals surface area contributed by atoms with Crippen LogP contribution in [-0.2, 0) is 9.59 Å². The number of hydrogen-bond donors (Lipinski definition) is 0. The topological polar surface area (TPSA) is 40.6 Å². The van der Waals surface area contributed by atoms with E-state index in [0.717, 1.165) is 51.0 Å². The maximum absolute atomic E-state index is 13.0. The van der Waals surface area contributed by atoms with Crippen LogP contribution in [0.1, 0.15) is 65.2 Å². The van der Waals surface area contributed by atoms with Gasteiger partial charge in [-0.2, -0.15) is 0 Å². The predicted molar refractivity (Wildman–Crippen MR) is 81.7 cm³/mol. The van der Waals surface area contributed by atoms with Crippen molar-refractivity contribution in [1.29, 1.82) is 0 Å². The minimum absolute atomic E-state index is 0.165. The van der Waals surface area contributed by atoms with E-state index in [1.54, 1.807) is 0 Å². The van der Waals surface area contributed by atoms with E-state index < -0.39 is 0 Å². The first-order valence-electron chi connectivity index (χ1n) is 8.80. The predicted octanol–water partition coefficient (Wildman–Crippen LogP) is 2.57. The van der Waals surface area contributed by atoms with Crippen molar-refractivity contribution in [3.63, 3.8) is 0 Å². The molecule has 0 aromatic carbocycles. The van der Waals surface area contributed by atoms with E-state index in [-0.39, 0.29) is 29.9 Å². The third kappa shape index (κ3) is 2.69. The monoisotopic (exact) mass is 292 g/mol. The summed E-state index contributed by atoms with van der Waals surface area (Å²) in [5, 5.41) is 0. The highest BCUT2D eigenvalue weighted by molar-refractivity contribution is 5.97. The van der Waals surface area contributed by atoms with Gasteiger partial charge < -0.3 is 9.80 Å². The van der Waals surface area contributed by atoms with Gasteiger partial charge in [-0.1, -0.05) is 26.7 Å². The maximum atomic E-state index is 13.0. The molecule has 2 saturated heterocycles. The first-order chi connectivity index (χ1) is 10.2. The molecule has 0 radical (unpaired) electrons. The molecule has 4 heteroatoms. The molecule has 2 heterocycles. The van der Waals surface area contributed by atoms with Gasteiger partial charge in [0.25, 0.3) is 0 Å². The second-order valence-corrected chi connectivity index (χ2v) is 6.95. The number of hydrogen-bond acceptors (Lipinski definition) is 2. The summed E-state index contributed by atoms with van der Waals surface area (Å²) in [6.45, 7) is 4.97. The molecule has 0 spiro atoms. The summed E-state index contributed by atoms with van der Waals surface area (Å²) in [6.07, 6.45) is 8.40. The molecule has 1 saturated carbocycles. The quantitative estimate of drug-likeness (QED) is 0.781. The lowest BCUT2D eigenvalue weighted by molar-refractivity contribution is -0.167. The Hall–Kier alpha value is -1.06. The number of nitrogens with zero attached hydrogens (tertiary/aromatic N) is 2. The van der Waals surface area contributed by atoms with Gasteiger partial charge in [-0.3, -0.25) is 9.59 Å². The molecule has 0 aromatic heterocycles. The number of amides is 2. The van der Waals surface area contributed by atoms with E-state index in [0.29, 0.717) is 0 Å². The minimum Gasteiger partial charge on any atom is -0.329 e. The molecule has 0 N–H and O–H groups in total. The molecule has 1 aliphatic carbocycles. The maximum Gasteiger partial charge on any atom is 0.246 e. The Morgan fingerprint density at radius 3 is 2.48 bits per heavy atom. The number of fused-ring (bicyclic) bond motifs is 1. The molecule has 3 atom stereocenters. The van der Waals surface area contributed by atoms with Crippen LogP contribution in [0, 0.1) is 5.92 Å². The van der Waals surface area contributed by atoms with Crippen molar-refractivity contribution in [2.75, 3.05) is 6.54 Å². The van der Waals surface area contributed by atoms with Gasteiger partial charge in [0, 0.05) is 12.6 Å². The van der Waals surface area contributed by atoms with Crippen molar-refractivity contribution in [3.05, 3.63) is 0 Å². The van der Waals surface area contributed by atoms with Crippen LogP contribution < -0.4 is 0 Å². The molecule has 3 rings (SSSR count). The second-order valence-electron chi connectivity index (χ2n) is 6.95. The molecule has 2 aliphatic heterocycles. The van der Waals surface area contributed by atoms with Crippen LogP contribution in [0.5, 0.6) is 0 Å². The lowest BCUT2D eigenvalue weighted by Crippen LogP contribution is -2.67. The Labute approximate surface area is 127 Å². The lowest BCUT2D eigenvalue weighted by atomic mass is 9.91. The highest BCUT2D eigenvalue weighted by Gasteiger charge is 2.48. The van der Waals surface area contributed by atoms with Gasteiger partial charge in [-0.15, -0.1) is 0 Å². The van der Waals surface area contributed by atoms with Crippen LogP contribution in [0.15, 0.2) is 0 Å². The van der Waals surface area contributed by atoms with Crippen LogP contribution in [0.2, 0.25) is 0 Å². The van der Waals surface area contributed by atoms with Gasteiger partial charge >= 0.3 is 0 Å². The summed E-state index contributed by atoms with van der Waals surface area (Å²) in [5.74, 6) is 1.23. The van der Waals surface area contributed by atoms with Crippen molar-refractivity contribution in [3.8, 4) is 0 Å². The van der Waals surface area contributed by atoms with Crippen LogP contribution >= 0.6 is 0 Å². The van der Waals surface area contributed by atoms with Crippen LogP contribution in [0.25, 0.3) is 0 Å². The van der Waals surface area contributed by atoms with Crippen molar-refractivity contribution < 1.29 is 9.59 Å². The lowest BCUT2D eigenvalue weighted by Gasteiger charge is -2.49. The fraction of sp³-hybridized carbons (Fsp3) is 0.882. The van der Waals surface area contributed by atoms with Gasteiger partial charge in [0.15, 0.2) is 0 Å². The summed E-state index contributed by atoms with van der Waals surface area (Å²) in [6, 6.07) is -0.110. The fourth-order valence-electron chi connectivity index (χ4n) is 4.11. The summed E-state index contributed by atoms with van der Waals surface area (Å²) >= 11 is 0. The normalized spacial score (nSPS) is 31.3. The average Bonchev–Trinajstić information content (AvgIpc) is 3.32. The second kappa shape index (κ2) is 5.98. The minimum atomic E-state index is -0.212. The summed E-state index contributed by atoms with van der Waals surface area (Å²) in [5.41, 5.74) is 0. The van der Waals surface area contributed by atoms with Crippen molar-refractivity contribution in [2.45, 2.75) is 83.3 Å². The first-order valence-corrected chi connectivity index (χ1v) is 8.80. The SMILES string of the molecule is CCC(CC1CC1)N1C(=O)C2CCCCN2C(=O)C1CC. The van der Waals surface area contributed by atoms with Gasteiger partial charge in [-0.05, 0) is 44.4 Å². The number of piperazine rings is 1. The molecule has 21 heavy (non-hydrogen) atoms. The molecule has 3 fully saturated rings. The third-order valence-corrected chi connectivity index (χ3v) is 5.50. The zero-order valence-electron chi connectivity index (χ0n) is 13.4. The molecule has 118 valence electrons. The fourth-order valence-corrected chi connectivity index (χ4v) is 4.11. The molecule has 2 amide bonds. The average molecular weight is 292 g/mol. The zero-order valence-corrected chi connectivity index (χ0v) is 13.4. The summed E-state index contributed by atoms with van der Waals surface area (Å²) < 4.78 is 0. The molecule has 4 nitrogen and oxygen atoms in total. The molecule has 3 unspecified atom stereocenters. The Morgan fingerprint density at radius 1 is 1.10 bits per heavy atom. The van der Waals surface area contributed by atoms with E-state index >= 15 is 0 Å². The Balaban J connectivity index is 1.84. The highest BCUT2D eigenvalue weighted by atomic mass is 16.2. The van der Waals surface area contributed by atoms with Crippen molar-refractivity contribution in [1.82, 2.24) is 9.80 Å². The highest BCUT2D eigenvalue weighted by Crippen LogP contribution is 2.38. The van der Waals surface area contributed by atoms with Gasteiger partial charge in [0.1, 0.15) is 12.1 Å². The Kier molecular flexibility index (Phi) is 4.23. The number of carbonyl (C=O) groups excluding carboxylic acids is 2. The summed E-state index contributed by atoms with van der Waals surface area (Å²) in [7, 11) is 0. The van der Waals surface area contributed by atoms with E-state index in [1.165, 1.54) is 12.8 Å². The van der Waals surface area contributed by atoms with Crippen LogP contribution in [0.4, 0.5) is 0 Å². The van der Waals surface area contributed by atoms with Crippen molar-refractivity contribution >= 4 is 11.8 Å². The van der Waals surface area contributed by atoms with E-state index in [2.05, 4.69) is 6.92 Å². The number of piperidine rings is 1. The van der Waals surface area contributed by atoms with Crippen LogP contribution in [-0.4, -0.2) is 46.3 Å². The Bertz CT molecular complexity index is 419. The van der Waals surface area contributed by atoms with Crippen molar-refractivity contribution in [2.24, 2.45) is 5.92 Å². The van der Waals surface area contributed by atoms with Gasteiger partial charge in [-0.25, -0.2) is 0 Å². The van der Waals surface area contributed by atoms with Gasteiger partial charge in [0.2, 0.25) is 11.8 Å². The molecular formula is C17H28N2O2. The standard InChI is InChI=1S/C17H28N2O2/c1-3-13(11-12-8-9-12)19-14(4-2)16(20)18-10-6-5-7-15(18)17(19)21/h12-15H,3-11H2,1-2H3.